The van der Waals surface area contributed by atoms with Gasteiger partial charge in [0.05, 0.1) is 6.42 Å². The van der Waals surface area contributed by atoms with E-state index >= 15 is 0 Å². The van der Waals surface area contributed by atoms with Gasteiger partial charge in [-0.2, -0.15) is 8.78 Å². The highest BCUT2D eigenvalue weighted by molar-refractivity contribution is 6.19. The molecule has 0 heterocycles. The normalized spacial score (nSPS) is 15.0. The van der Waals surface area contributed by atoms with Crippen molar-refractivity contribution in [2.45, 2.75) is 12.1 Å². The molecule has 0 rings (SSSR count). The van der Waals surface area contributed by atoms with E-state index in [2.05, 4.69) is 11.6 Å². The van der Waals surface area contributed by atoms with Crippen LogP contribution >= 0.6 is 11.6 Å². The van der Waals surface area contributed by atoms with Gasteiger partial charge in [0, 0.05) is 0 Å². The molecule has 0 amide bonds. The van der Waals surface area contributed by atoms with Crippen LogP contribution in [-0.2, 0) is 0 Å². The first-order valence-electron chi connectivity index (χ1n) is 1.58. The molecule has 0 aliphatic carbocycles. The standard InChI is InChI=1S/C3H3ClF3/c4-2(5)1-3(6)7/h2H,1H2. The fraction of sp³-hybridized carbons (Fsp3) is 0.667. The molecule has 0 saturated carbocycles. The Morgan fingerprint density at radius 1 is 1.57 bits per heavy atom. The molecule has 7 heavy (non-hydrogen) atoms. The molecule has 1 atom stereocenters. The monoisotopic (exact) mass is 131 g/mol. The zero-order valence-electron chi connectivity index (χ0n) is 3.30. The zero-order valence-corrected chi connectivity index (χ0v) is 4.05. The molecule has 0 nitrogen and oxygen atoms in total. The first kappa shape index (κ1) is 7.08. The third-order valence-electron chi connectivity index (χ3n) is 0.309. The molecule has 0 bridgehead atoms. The minimum Gasteiger partial charge on any atom is -0.230 e. The lowest BCUT2D eigenvalue weighted by Gasteiger charge is -1.92. The predicted octanol–water partition coefficient (Wildman–Crippen LogP) is 2.34. The number of hydrogen-bond acceptors (Lipinski definition) is 0. The Morgan fingerprint density at radius 2 is 2.00 bits per heavy atom. The van der Waals surface area contributed by atoms with Crippen molar-refractivity contribution in [1.82, 2.24) is 0 Å². The van der Waals surface area contributed by atoms with Crippen molar-refractivity contribution in [3.63, 3.8) is 0 Å². The van der Waals surface area contributed by atoms with Crippen LogP contribution in [-0.4, -0.2) is 5.63 Å². The van der Waals surface area contributed by atoms with Gasteiger partial charge in [0.1, 0.15) is 0 Å². The van der Waals surface area contributed by atoms with Crippen LogP contribution in [0, 0.1) is 6.43 Å². The van der Waals surface area contributed by atoms with Gasteiger partial charge in [-0.3, -0.25) is 0 Å². The second-order valence-electron chi connectivity index (χ2n) is 0.934. The maximum atomic E-state index is 11.2. The van der Waals surface area contributed by atoms with E-state index in [9.17, 15) is 13.2 Å². The van der Waals surface area contributed by atoms with E-state index in [-0.39, 0.29) is 0 Å². The van der Waals surface area contributed by atoms with E-state index in [1.165, 1.54) is 0 Å². The molecule has 1 radical (unpaired) electrons. The van der Waals surface area contributed by atoms with Crippen molar-refractivity contribution in [1.29, 1.82) is 0 Å². The van der Waals surface area contributed by atoms with Gasteiger partial charge in [-0.25, -0.2) is 4.39 Å². The summed E-state index contributed by atoms with van der Waals surface area (Å²) in [5, 5.41) is 0. The third-order valence-corrected chi connectivity index (χ3v) is 0.463. The van der Waals surface area contributed by atoms with Crippen molar-refractivity contribution >= 4 is 11.6 Å². The molecule has 0 aromatic heterocycles. The number of rotatable bonds is 2. The fourth-order valence-corrected chi connectivity index (χ4v) is 0.233. The van der Waals surface area contributed by atoms with E-state index in [4.69, 9.17) is 0 Å². The summed E-state index contributed by atoms with van der Waals surface area (Å²) in [5.74, 6) is 0. The molecule has 0 fully saturated rings. The summed E-state index contributed by atoms with van der Waals surface area (Å²) in [6.07, 6.45) is -2.93. The fourth-order valence-electron chi connectivity index (χ4n) is 0.117. The van der Waals surface area contributed by atoms with Crippen molar-refractivity contribution in [2.24, 2.45) is 0 Å². The molecular weight excluding hydrogens is 128 g/mol. The van der Waals surface area contributed by atoms with Crippen LogP contribution < -0.4 is 0 Å². The van der Waals surface area contributed by atoms with Gasteiger partial charge in [0.25, 0.3) is 0 Å². The molecular formula is C3H3ClF3. The highest BCUT2D eigenvalue weighted by Crippen LogP contribution is 2.15. The maximum absolute atomic E-state index is 11.2. The molecule has 0 spiro atoms. The topological polar surface area (TPSA) is 0 Å². The Labute approximate surface area is 44.3 Å². The minimum atomic E-state index is -1.97. The van der Waals surface area contributed by atoms with E-state index in [1.54, 1.807) is 0 Å². The summed E-state index contributed by atoms with van der Waals surface area (Å²) in [6, 6.07) is 0. The summed E-state index contributed by atoms with van der Waals surface area (Å²) in [4.78, 5) is 0. The lowest BCUT2D eigenvalue weighted by molar-refractivity contribution is 0.239. The lowest BCUT2D eigenvalue weighted by Crippen LogP contribution is -1.90. The molecule has 4 heteroatoms. The second-order valence-corrected chi connectivity index (χ2v) is 1.41. The summed E-state index contributed by atoms with van der Waals surface area (Å²) in [5.41, 5.74) is -1.94. The molecule has 0 aliphatic heterocycles. The van der Waals surface area contributed by atoms with Gasteiger partial charge >= 0.3 is 6.43 Å². The molecule has 43 valence electrons. The Balaban J connectivity index is 2.95. The quantitative estimate of drug-likeness (QED) is 0.505. The van der Waals surface area contributed by atoms with Crippen LogP contribution in [0.5, 0.6) is 0 Å². The average Bonchev–Trinajstić information content (AvgIpc) is 1.27. The van der Waals surface area contributed by atoms with Crippen molar-refractivity contribution in [3.8, 4) is 0 Å². The van der Waals surface area contributed by atoms with E-state index < -0.39 is 18.5 Å². The van der Waals surface area contributed by atoms with Gasteiger partial charge < -0.3 is 0 Å². The lowest BCUT2D eigenvalue weighted by atomic mass is 10.5. The minimum absolute atomic E-state index is 0.957. The van der Waals surface area contributed by atoms with Gasteiger partial charge in [-0.1, -0.05) is 11.6 Å². The largest absolute Gasteiger partial charge is 0.314 e. The van der Waals surface area contributed by atoms with Crippen molar-refractivity contribution in [3.05, 3.63) is 6.43 Å². The van der Waals surface area contributed by atoms with Gasteiger partial charge in [-0.05, 0) is 0 Å². The van der Waals surface area contributed by atoms with E-state index in [1.807, 2.05) is 0 Å². The average molecular weight is 132 g/mol. The van der Waals surface area contributed by atoms with Crippen LogP contribution in [0.2, 0.25) is 0 Å². The highest BCUT2D eigenvalue weighted by atomic mass is 35.5. The molecule has 0 aromatic rings. The molecule has 0 saturated heterocycles. The number of halogens is 4. The Bertz CT molecular complexity index is 39.4. The van der Waals surface area contributed by atoms with Crippen LogP contribution in [0.25, 0.3) is 0 Å². The highest BCUT2D eigenvalue weighted by Gasteiger charge is 2.11. The molecule has 1 unspecified atom stereocenters. The van der Waals surface area contributed by atoms with Crippen LogP contribution in [0.4, 0.5) is 13.2 Å². The van der Waals surface area contributed by atoms with Crippen LogP contribution in [0.1, 0.15) is 6.42 Å². The molecule has 0 aliphatic rings. The first-order chi connectivity index (χ1) is 3.13. The molecule has 0 aromatic carbocycles. The van der Waals surface area contributed by atoms with E-state index in [0.29, 0.717) is 0 Å². The maximum Gasteiger partial charge on any atom is 0.314 e. The summed E-state index contributed by atoms with van der Waals surface area (Å²) in [6.45, 7) is 0. The summed E-state index contributed by atoms with van der Waals surface area (Å²) in [7, 11) is 0. The predicted molar refractivity (Wildman–Crippen MR) is 20.8 cm³/mol. The van der Waals surface area contributed by atoms with Gasteiger partial charge in [0.15, 0.2) is 5.63 Å². The zero-order chi connectivity index (χ0) is 5.86. The Hall–Kier alpha value is 0.0800. The number of alkyl halides is 2. The SMILES string of the molecule is F[C](F)CC(F)Cl. The van der Waals surface area contributed by atoms with Crippen LogP contribution in [0.3, 0.4) is 0 Å². The first-order valence-corrected chi connectivity index (χ1v) is 2.01. The second kappa shape index (κ2) is 3.13. The van der Waals surface area contributed by atoms with Crippen molar-refractivity contribution < 1.29 is 13.2 Å². The van der Waals surface area contributed by atoms with Crippen molar-refractivity contribution in [2.75, 3.05) is 0 Å². The summed E-state index contributed by atoms with van der Waals surface area (Å²) < 4.78 is 33.0. The summed E-state index contributed by atoms with van der Waals surface area (Å²) >= 11 is 4.51. The van der Waals surface area contributed by atoms with Crippen LogP contribution in [0.15, 0.2) is 0 Å². The Kier molecular flexibility index (Phi) is 3.17. The number of hydrogen-bond donors (Lipinski definition) is 0. The van der Waals surface area contributed by atoms with Gasteiger partial charge in [-0.15, -0.1) is 0 Å². The Morgan fingerprint density at radius 3 is 2.00 bits per heavy atom. The van der Waals surface area contributed by atoms with Gasteiger partial charge in [0.2, 0.25) is 0 Å². The molecule has 0 N–H and O–H groups in total. The third kappa shape index (κ3) is 6.08. The van der Waals surface area contributed by atoms with E-state index in [0.717, 1.165) is 0 Å². The smallest absolute Gasteiger partial charge is 0.230 e.